The lowest BCUT2D eigenvalue weighted by Gasteiger charge is -2.32. The summed E-state index contributed by atoms with van der Waals surface area (Å²) >= 11 is 0. The Labute approximate surface area is 590 Å². The highest BCUT2D eigenvalue weighted by atomic mass is 16.5. The van der Waals surface area contributed by atoms with Gasteiger partial charge in [-0.2, -0.15) is 0 Å². The van der Waals surface area contributed by atoms with E-state index in [1.807, 2.05) is 14.1 Å². The zero-order chi connectivity index (χ0) is 71.3. The Balaban J connectivity index is 0.000000246. The number of hydrogen-bond donors (Lipinski definition) is 2. The van der Waals surface area contributed by atoms with Gasteiger partial charge in [0.05, 0.1) is 13.2 Å². The van der Waals surface area contributed by atoms with Crippen molar-refractivity contribution < 1.29 is 4.74 Å². The SMILES string of the molecule is C=C1CCCN(Cc2cccc(C(C)(C)C)c2)C1.CC(C)(C)c1ccccc1CN1CCOCC1.CCCN(C)Cc1cccc(C(C)(C)C)c1.CN1CCN(Cc2ccc(C(C)(C)C)cc2)CC1.CNCCc1ccccc1C(C)(C)C.CNCc1cccc(C(C)(C)C)c1. The molecule has 6 aromatic rings. The van der Waals surface area contributed by atoms with Gasteiger partial charge in [0.2, 0.25) is 0 Å². The third kappa shape index (κ3) is 31.7. The topological polar surface area (TPSA) is 49.5 Å². The first kappa shape index (κ1) is 83.2. The van der Waals surface area contributed by atoms with E-state index < -0.39 is 0 Å². The number of piperazine rings is 1. The van der Waals surface area contributed by atoms with Crippen LogP contribution >= 0.6 is 0 Å². The van der Waals surface area contributed by atoms with Crippen LogP contribution in [-0.2, 0) is 76.4 Å². The number of hydrogen-bond acceptors (Lipinski definition) is 8. The number of benzene rings is 6. The largest absolute Gasteiger partial charge is 0.379 e. The maximum Gasteiger partial charge on any atom is 0.0594 e. The number of likely N-dealkylation sites (N-methyl/N-ethyl adjacent to an activating group) is 2. The minimum atomic E-state index is 0.225. The normalized spacial score (nSPS) is 15.5. The lowest BCUT2D eigenvalue weighted by atomic mass is 9.83. The lowest BCUT2D eigenvalue weighted by Crippen LogP contribution is -2.43. The van der Waals surface area contributed by atoms with E-state index in [0.29, 0.717) is 0 Å². The summed E-state index contributed by atoms with van der Waals surface area (Å²) in [5.41, 5.74) is 20.0. The molecular formula is C88H139N7O. The molecule has 0 saturated carbocycles. The number of ether oxygens (including phenoxy) is 1. The summed E-state index contributed by atoms with van der Waals surface area (Å²) in [5.74, 6) is 0. The molecule has 0 aromatic heterocycles. The Morgan fingerprint density at radius 3 is 1.40 bits per heavy atom. The second-order valence-electron chi connectivity index (χ2n) is 33.8. The minimum Gasteiger partial charge on any atom is -0.379 e. The van der Waals surface area contributed by atoms with Crippen LogP contribution in [0.5, 0.6) is 0 Å². The molecule has 96 heavy (non-hydrogen) atoms. The lowest BCUT2D eigenvalue weighted by molar-refractivity contribution is 0.0340. The maximum absolute atomic E-state index is 5.39. The molecular weight excluding hydrogens is 1170 g/mol. The molecule has 0 bridgehead atoms. The van der Waals surface area contributed by atoms with Crippen LogP contribution in [0.2, 0.25) is 0 Å². The zero-order valence-corrected chi connectivity index (χ0v) is 65.6. The first-order valence-corrected chi connectivity index (χ1v) is 36.6. The van der Waals surface area contributed by atoms with Gasteiger partial charge in [0.1, 0.15) is 0 Å². The minimum absolute atomic E-state index is 0.225. The summed E-state index contributed by atoms with van der Waals surface area (Å²) in [6.07, 6.45) is 4.80. The van der Waals surface area contributed by atoms with Gasteiger partial charge in [-0.05, 0) is 173 Å². The van der Waals surface area contributed by atoms with E-state index >= 15 is 0 Å². The van der Waals surface area contributed by atoms with E-state index in [-0.39, 0.29) is 32.5 Å². The highest BCUT2D eigenvalue weighted by Crippen LogP contribution is 2.30. The molecule has 0 aliphatic carbocycles. The number of piperidine rings is 1. The summed E-state index contributed by atoms with van der Waals surface area (Å²) in [5, 5.41) is 6.36. The second kappa shape index (κ2) is 40.1. The summed E-state index contributed by atoms with van der Waals surface area (Å²) in [6.45, 7) is 65.5. The Morgan fingerprint density at radius 1 is 0.448 bits per heavy atom. The predicted octanol–water partition coefficient (Wildman–Crippen LogP) is 19.0. The van der Waals surface area contributed by atoms with Crippen LogP contribution in [0.15, 0.2) is 158 Å². The van der Waals surface area contributed by atoms with Gasteiger partial charge in [0, 0.05) is 78.5 Å². The molecule has 0 spiro atoms. The smallest absolute Gasteiger partial charge is 0.0594 e. The molecule has 0 amide bonds. The van der Waals surface area contributed by atoms with Crippen molar-refractivity contribution in [2.45, 2.75) is 222 Å². The number of rotatable bonds is 15. The molecule has 0 atom stereocenters. The molecule has 3 aliphatic heterocycles. The van der Waals surface area contributed by atoms with Gasteiger partial charge in [-0.25, -0.2) is 0 Å². The third-order valence-electron chi connectivity index (χ3n) is 18.3. The van der Waals surface area contributed by atoms with Gasteiger partial charge in [-0.3, -0.25) is 14.7 Å². The van der Waals surface area contributed by atoms with Crippen LogP contribution in [0.4, 0.5) is 0 Å². The van der Waals surface area contributed by atoms with Gasteiger partial charge < -0.3 is 25.2 Å². The highest BCUT2D eigenvalue weighted by Gasteiger charge is 2.23. The van der Waals surface area contributed by atoms with Crippen LogP contribution < -0.4 is 10.6 Å². The fourth-order valence-electron chi connectivity index (χ4n) is 12.3. The van der Waals surface area contributed by atoms with E-state index in [9.17, 15) is 0 Å². The Hall–Kier alpha value is -5.26. The molecule has 8 nitrogen and oxygen atoms in total. The van der Waals surface area contributed by atoms with E-state index in [4.69, 9.17) is 4.74 Å². The van der Waals surface area contributed by atoms with Gasteiger partial charge in [-0.15, -0.1) is 0 Å². The molecule has 532 valence electrons. The first-order chi connectivity index (χ1) is 45.0. The van der Waals surface area contributed by atoms with E-state index in [1.54, 1.807) is 0 Å². The summed E-state index contributed by atoms with van der Waals surface area (Å²) < 4.78 is 5.39. The number of nitrogens with one attached hydrogen (secondary N) is 2. The van der Waals surface area contributed by atoms with E-state index in [1.165, 1.54) is 131 Å². The molecule has 3 aliphatic rings. The van der Waals surface area contributed by atoms with Crippen molar-refractivity contribution in [2.24, 2.45) is 0 Å². The maximum atomic E-state index is 5.39. The Bertz CT molecular complexity index is 3120. The van der Waals surface area contributed by atoms with E-state index in [0.717, 1.165) is 78.5 Å². The van der Waals surface area contributed by atoms with Crippen molar-refractivity contribution in [1.29, 1.82) is 0 Å². The van der Waals surface area contributed by atoms with Gasteiger partial charge in [0.15, 0.2) is 0 Å². The Kier molecular flexibility index (Phi) is 34.7. The fourth-order valence-corrected chi connectivity index (χ4v) is 12.3. The van der Waals surface area contributed by atoms with Crippen LogP contribution in [0.1, 0.15) is 218 Å². The number of nitrogens with zero attached hydrogens (tertiary/aromatic N) is 5. The fraction of sp³-hybridized carbons (Fsp3) is 0.568. The van der Waals surface area contributed by atoms with Crippen molar-refractivity contribution in [3.05, 3.63) is 225 Å². The summed E-state index contributed by atoms with van der Waals surface area (Å²) in [7, 11) is 8.37. The summed E-state index contributed by atoms with van der Waals surface area (Å²) in [6, 6.07) is 53.4. The molecule has 0 unspecified atom stereocenters. The molecule has 9 rings (SSSR count). The molecule has 3 saturated heterocycles. The van der Waals surface area contributed by atoms with Crippen molar-refractivity contribution in [1.82, 2.24) is 35.1 Å². The molecule has 2 N–H and O–H groups in total. The monoisotopic (exact) mass is 1310 g/mol. The van der Waals surface area contributed by atoms with E-state index in [2.05, 4.69) is 333 Å². The van der Waals surface area contributed by atoms with Crippen molar-refractivity contribution in [3.63, 3.8) is 0 Å². The average molecular weight is 1310 g/mol. The second-order valence-corrected chi connectivity index (χ2v) is 33.8. The predicted molar refractivity (Wildman–Crippen MR) is 420 cm³/mol. The molecule has 3 fully saturated rings. The van der Waals surface area contributed by atoms with Crippen molar-refractivity contribution in [2.75, 3.05) is 107 Å². The Morgan fingerprint density at radius 2 is 0.906 bits per heavy atom. The number of likely N-dealkylation sites (tertiary alicyclic amines) is 1. The molecule has 8 heteroatoms. The van der Waals surface area contributed by atoms with Crippen molar-refractivity contribution >= 4 is 0 Å². The molecule has 6 aromatic carbocycles. The van der Waals surface area contributed by atoms with Crippen molar-refractivity contribution in [3.8, 4) is 0 Å². The molecule has 3 heterocycles. The molecule has 0 radical (unpaired) electrons. The van der Waals surface area contributed by atoms with Gasteiger partial charge in [0.25, 0.3) is 0 Å². The zero-order valence-electron chi connectivity index (χ0n) is 65.6. The summed E-state index contributed by atoms with van der Waals surface area (Å²) in [4.78, 5) is 12.3. The van der Waals surface area contributed by atoms with Crippen LogP contribution in [0.3, 0.4) is 0 Å². The quantitative estimate of drug-likeness (QED) is 0.0987. The first-order valence-electron chi connectivity index (χ1n) is 36.6. The average Bonchev–Trinajstić information content (AvgIpc) is 0.866. The standard InChI is InChI=1S/C17H25N.C16H26N2.C15H23NO.C15H25N.C13H21N.C12H19N/c1-14-7-6-10-18(12-14)13-15-8-5-9-16(11-15)17(2,3)4;1-16(2,3)15-7-5-14(6-8-15)13-18-11-9-17(4)10-12-18;1-15(2,3)14-7-5-4-6-13(14)12-16-8-10-17-11-9-16;1-6-10-16(5)12-13-8-7-9-14(11-13)15(2,3)4;1-13(2,3)12-8-6-5-7-11(12)9-10-14-4;1-12(2,3)11-7-5-6-10(8-11)9-13-4/h5,8-9,11H,1,6-7,10,12-13H2,2-4H3;5-8H,9-13H2,1-4H3;4-7H,8-12H2,1-3H3;7-9,11H,6,10,12H2,1-5H3;5-8,14H,9-10H2,1-4H3;5-8,13H,9H2,1-4H3. The van der Waals surface area contributed by atoms with Crippen LogP contribution in [0.25, 0.3) is 0 Å². The number of morpholine rings is 1. The highest BCUT2D eigenvalue weighted by molar-refractivity contribution is 5.35. The van der Waals surface area contributed by atoms with Gasteiger partial charge >= 0.3 is 0 Å². The third-order valence-corrected chi connectivity index (χ3v) is 18.3. The van der Waals surface area contributed by atoms with Crippen LogP contribution in [-0.4, -0.2) is 131 Å². The van der Waals surface area contributed by atoms with Gasteiger partial charge in [-0.1, -0.05) is 289 Å². The van der Waals surface area contributed by atoms with Crippen LogP contribution in [0, 0.1) is 0 Å².